The van der Waals surface area contributed by atoms with E-state index in [0.29, 0.717) is 11.1 Å². The number of para-hydroxylation sites is 3. The van der Waals surface area contributed by atoms with E-state index in [9.17, 15) is 10.5 Å². The first kappa shape index (κ1) is 27.4. The highest BCUT2D eigenvalue weighted by Gasteiger charge is 2.20. The van der Waals surface area contributed by atoms with Crippen molar-refractivity contribution in [1.82, 2.24) is 9.13 Å². The van der Waals surface area contributed by atoms with Gasteiger partial charge in [-0.05, 0) is 71.8 Å². The predicted molar refractivity (Wildman–Crippen MR) is 195 cm³/mol. The van der Waals surface area contributed by atoms with Crippen molar-refractivity contribution >= 4 is 43.6 Å². The van der Waals surface area contributed by atoms with Gasteiger partial charge < -0.3 is 9.13 Å². The van der Waals surface area contributed by atoms with Crippen molar-refractivity contribution in [3.63, 3.8) is 0 Å². The van der Waals surface area contributed by atoms with Crippen molar-refractivity contribution in [2.24, 2.45) is 0 Å². The zero-order valence-corrected chi connectivity index (χ0v) is 25.8. The molecule has 2 aromatic heterocycles. The summed E-state index contributed by atoms with van der Waals surface area (Å²) in [6.45, 7) is 0. The Bertz CT molecular complexity index is 2750. The number of hydrogen-bond donors (Lipinski definition) is 0. The monoisotopic (exact) mass is 610 g/mol. The number of aromatic nitrogens is 2. The van der Waals surface area contributed by atoms with Gasteiger partial charge in [0.15, 0.2) is 0 Å². The highest BCUT2D eigenvalue weighted by atomic mass is 15.0. The van der Waals surface area contributed by atoms with Gasteiger partial charge in [0.05, 0.1) is 51.0 Å². The zero-order chi connectivity index (χ0) is 32.2. The van der Waals surface area contributed by atoms with Gasteiger partial charge in [0.2, 0.25) is 0 Å². The van der Waals surface area contributed by atoms with Crippen LogP contribution in [0.2, 0.25) is 0 Å². The second kappa shape index (κ2) is 10.9. The summed E-state index contributed by atoms with van der Waals surface area (Å²) < 4.78 is 4.57. The number of fused-ring (bicyclic) bond motifs is 6. The van der Waals surface area contributed by atoms with Gasteiger partial charge in [-0.25, -0.2) is 0 Å². The first-order chi connectivity index (χ1) is 23.7. The van der Waals surface area contributed by atoms with Crippen LogP contribution in [0.1, 0.15) is 11.1 Å². The molecule has 0 spiro atoms. The van der Waals surface area contributed by atoms with Gasteiger partial charge in [-0.1, -0.05) is 97.1 Å². The highest BCUT2D eigenvalue weighted by molar-refractivity contribution is 6.11. The average Bonchev–Trinajstić information content (AvgIpc) is 3.67. The van der Waals surface area contributed by atoms with Crippen molar-refractivity contribution in [1.29, 1.82) is 10.5 Å². The zero-order valence-electron chi connectivity index (χ0n) is 25.8. The van der Waals surface area contributed by atoms with E-state index in [2.05, 4.69) is 130 Å². The van der Waals surface area contributed by atoms with Crippen molar-refractivity contribution in [2.75, 3.05) is 0 Å². The Kier molecular flexibility index (Phi) is 6.22. The third-order valence-corrected chi connectivity index (χ3v) is 9.40. The van der Waals surface area contributed by atoms with E-state index in [4.69, 9.17) is 0 Å². The molecule has 0 saturated heterocycles. The molecular formula is C44H26N4. The van der Waals surface area contributed by atoms with Crippen LogP contribution in [0.3, 0.4) is 0 Å². The molecule has 9 aromatic rings. The summed E-state index contributed by atoms with van der Waals surface area (Å²) >= 11 is 0. The Morgan fingerprint density at radius 1 is 0.396 bits per heavy atom. The summed E-state index contributed by atoms with van der Waals surface area (Å²) in [6.07, 6.45) is 0. The van der Waals surface area contributed by atoms with Gasteiger partial charge in [-0.15, -0.1) is 0 Å². The SMILES string of the molecule is N#Cc1ccc2c(c1)c1ccccc1n2-c1ccc(C#N)c(-c2ccc(-c3ccccc3)cc2-n2c3ccccc3c3ccccc32)c1. The van der Waals surface area contributed by atoms with Crippen LogP contribution in [-0.4, -0.2) is 9.13 Å². The molecule has 0 amide bonds. The van der Waals surface area contributed by atoms with Crippen molar-refractivity contribution in [2.45, 2.75) is 0 Å². The molecule has 0 aliphatic carbocycles. The Labute approximate surface area is 277 Å². The first-order valence-corrected chi connectivity index (χ1v) is 15.9. The maximum atomic E-state index is 10.5. The average molecular weight is 611 g/mol. The van der Waals surface area contributed by atoms with E-state index >= 15 is 0 Å². The van der Waals surface area contributed by atoms with Crippen LogP contribution in [0.25, 0.3) is 77.2 Å². The Hall–Kier alpha value is -6.88. The fourth-order valence-corrected chi connectivity index (χ4v) is 7.25. The van der Waals surface area contributed by atoms with E-state index in [1.165, 1.54) is 10.8 Å². The number of nitriles is 2. The molecular weight excluding hydrogens is 585 g/mol. The number of benzene rings is 7. The molecule has 0 bridgehead atoms. The molecule has 0 saturated carbocycles. The Balaban J connectivity index is 1.36. The summed E-state index contributed by atoms with van der Waals surface area (Å²) in [7, 11) is 0. The molecule has 0 aliphatic rings. The van der Waals surface area contributed by atoms with Crippen LogP contribution in [0.5, 0.6) is 0 Å². The summed E-state index contributed by atoms with van der Waals surface area (Å²) in [5.41, 5.74) is 11.5. The summed E-state index contributed by atoms with van der Waals surface area (Å²) in [5, 5.41) is 24.6. The van der Waals surface area contributed by atoms with E-state index in [-0.39, 0.29) is 0 Å². The van der Waals surface area contributed by atoms with Gasteiger partial charge in [-0.3, -0.25) is 0 Å². The van der Waals surface area contributed by atoms with Crippen LogP contribution in [0.15, 0.2) is 158 Å². The fraction of sp³-hybridized carbons (Fsp3) is 0. The number of rotatable bonds is 4. The van der Waals surface area contributed by atoms with Gasteiger partial charge in [0.25, 0.3) is 0 Å². The molecule has 0 fully saturated rings. The molecule has 0 unspecified atom stereocenters. The quantitative estimate of drug-likeness (QED) is 0.199. The summed E-state index contributed by atoms with van der Waals surface area (Å²) in [6, 6.07) is 59.0. The molecule has 0 N–H and O–H groups in total. The van der Waals surface area contributed by atoms with E-state index in [1.54, 1.807) is 0 Å². The van der Waals surface area contributed by atoms with Crippen LogP contribution >= 0.6 is 0 Å². The van der Waals surface area contributed by atoms with E-state index in [1.807, 2.05) is 48.5 Å². The molecule has 9 rings (SSSR count). The van der Waals surface area contributed by atoms with Crippen molar-refractivity contribution in [3.8, 4) is 45.8 Å². The topological polar surface area (TPSA) is 57.4 Å². The fourth-order valence-electron chi connectivity index (χ4n) is 7.25. The van der Waals surface area contributed by atoms with Gasteiger partial charge in [0.1, 0.15) is 0 Å². The third-order valence-electron chi connectivity index (χ3n) is 9.40. The molecule has 48 heavy (non-hydrogen) atoms. The van der Waals surface area contributed by atoms with E-state index < -0.39 is 0 Å². The highest BCUT2D eigenvalue weighted by Crippen LogP contribution is 2.41. The number of nitrogens with zero attached hydrogens (tertiary/aromatic N) is 4. The molecule has 2 heterocycles. The first-order valence-electron chi connectivity index (χ1n) is 15.9. The maximum absolute atomic E-state index is 10.5. The van der Waals surface area contributed by atoms with Crippen molar-refractivity contribution in [3.05, 3.63) is 169 Å². The number of hydrogen-bond acceptors (Lipinski definition) is 2. The molecule has 222 valence electrons. The normalized spacial score (nSPS) is 11.3. The minimum Gasteiger partial charge on any atom is -0.309 e. The van der Waals surface area contributed by atoms with Gasteiger partial charge in [-0.2, -0.15) is 10.5 Å². The molecule has 0 atom stereocenters. The van der Waals surface area contributed by atoms with Crippen LogP contribution in [0, 0.1) is 22.7 Å². The lowest BCUT2D eigenvalue weighted by Crippen LogP contribution is -2.01. The second-order valence-electron chi connectivity index (χ2n) is 12.0. The largest absolute Gasteiger partial charge is 0.309 e. The molecule has 0 aliphatic heterocycles. The maximum Gasteiger partial charge on any atom is 0.0998 e. The second-order valence-corrected chi connectivity index (χ2v) is 12.0. The lowest BCUT2D eigenvalue weighted by molar-refractivity contribution is 1.17. The smallest absolute Gasteiger partial charge is 0.0998 e. The van der Waals surface area contributed by atoms with Gasteiger partial charge in [0, 0.05) is 38.4 Å². The van der Waals surface area contributed by atoms with Crippen LogP contribution < -0.4 is 0 Å². The third kappa shape index (κ3) is 4.14. The minimum absolute atomic E-state index is 0.598. The van der Waals surface area contributed by atoms with Gasteiger partial charge >= 0.3 is 0 Å². The minimum atomic E-state index is 0.598. The van der Waals surface area contributed by atoms with E-state index in [0.717, 1.165) is 66.5 Å². The Morgan fingerprint density at radius 2 is 1.00 bits per heavy atom. The predicted octanol–water partition coefficient (Wildman–Crippen LogP) is 11.0. The molecule has 0 radical (unpaired) electrons. The van der Waals surface area contributed by atoms with Crippen molar-refractivity contribution < 1.29 is 0 Å². The van der Waals surface area contributed by atoms with Crippen LogP contribution in [-0.2, 0) is 0 Å². The lowest BCUT2D eigenvalue weighted by Gasteiger charge is -2.18. The molecule has 4 nitrogen and oxygen atoms in total. The molecule has 7 aromatic carbocycles. The summed E-state index contributed by atoms with van der Waals surface area (Å²) in [5.74, 6) is 0. The standard InChI is InChI=1S/C44H26N4/c45-27-29-18-23-43-39(24-29)36-14-6-7-15-40(36)47(43)33-21-19-32(28-46)38(26-33)37-22-20-31(30-10-2-1-3-11-30)25-44(37)48-41-16-8-4-12-34(41)35-13-5-9-17-42(35)48/h1-26H. The lowest BCUT2D eigenvalue weighted by atomic mass is 9.94. The summed E-state index contributed by atoms with van der Waals surface area (Å²) in [4.78, 5) is 0. The Morgan fingerprint density at radius 3 is 1.67 bits per heavy atom. The molecule has 4 heteroatoms. The van der Waals surface area contributed by atoms with Crippen LogP contribution in [0.4, 0.5) is 0 Å².